The highest BCUT2D eigenvalue weighted by Gasteiger charge is 1.93. The lowest BCUT2D eigenvalue weighted by molar-refractivity contribution is 0.149. The smallest absolute Gasteiger partial charge is 0.105 e. The molecule has 1 N–H and O–H groups in total. The van der Waals surface area contributed by atoms with Crippen molar-refractivity contribution >= 4 is 0 Å². The molecule has 3 nitrogen and oxygen atoms in total. The number of hydrogen-bond donors (Lipinski definition) is 1. The normalized spacial score (nSPS) is 10.5. The highest BCUT2D eigenvalue weighted by Crippen LogP contribution is 1.98. The van der Waals surface area contributed by atoms with Crippen LogP contribution in [0.4, 0.5) is 0 Å². The van der Waals surface area contributed by atoms with Gasteiger partial charge in [0.05, 0.1) is 12.9 Å². The van der Waals surface area contributed by atoms with E-state index in [1.54, 1.807) is 6.26 Å². The van der Waals surface area contributed by atoms with E-state index in [-0.39, 0.29) is 0 Å². The topological polar surface area (TPSA) is 34.4 Å². The van der Waals surface area contributed by atoms with Gasteiger partial charge in [0.15, 0.2) is 0 Å². The second-order valence-electron chi connectivity index (χ2n) is 2.78. The molecule has 74 valence electrons. The lowest BCUT2D eigenvalue weighted by atomic mass is 10.3. The van der Waals surface area contributed by atoms with Gasteiger partial charge < -0.3 is 14.5 Å². The molecule has 13 heavy (non-hydrogen) atoms. The lowest BCUT2D eigenvalue weighted by Crippen LogP contribution is -2.22. The van der Waals surface area contributed by atoms with Crippen molar-refractivity contribution in [2.45, 2.75) is 13.3 Å². The Kier molecular flexibility index (Phi) is 5.29. The molecule has 0 amide bonds. The molecule has 1 aromatic rings. The van der Waals surface area contributed by atoms with Gasteiger partial charge in [0, 0.05) is 26.1 Å². The van der Waals surface area contributed by atoms with Crippen LogP contribution in [0.25, 0.3) is 0 Å². The molecule has 0 bridgehead atoms. The summed E-state index contributed by atoms with van der Waals surface area (Å²) < 4.78 is 10.4. The van der Waals surface area contributed by atoms with E-state index in [9.17, 15) is 0 Å². The summed E-state index contributed by atoms with van der Waals surface area (Å²) in [5.41, 5.74) is 0. The predicted molar refractivity (Wildman–Crippen MR) is 51.8 cm³/mol. The van der Waals surface area contributed by atoms with Crippen LogP contribution in [0.5, 0.6) is 0 Å². The minimum absolute atomic E-state index is 0.786. The van der Waals surface area contributed by atoms with Crippen LogP contribution in [-0.4, -0.2) is 26.3 Å². The largest absolute Gasteiger partial charge is 0.469 e. The molecule has 0 aromatic carbocycles. The van der Waals surface area contributed by atoms with Crippen molar-refractivity contribution in [2.24, 2.45) is 0 Å². The maximum Gasteiger partial charge on any atom is 0.105 e. The van der Waals surface area contributed by atoms with E-state index < -0.39 is 0 Å². The quantitative estimate of drug-likeness (QED) is 0.650. The first-order valence-corrected chi connectivity index (χ1v) is 4.74. The molecular weight excluding hydrogens is 166 g/mol. The average Bonchev–Trinajstić information content (AvgIpc) is 2.63. The van der Waals surface area contributed by atoms with Crippen molar-refractivity contribution in [1.82, 2.24) is 5.32 Å². The minimum atomic E-state index is 0.786. The summed E-state index contributed by atoms with van der Waals surface area (Å²) in [6.45, 7) is 5.44. The third kappa shape index (κ3) is 4.70. The van der Waals surface area contributed by atoms with E-state index in [1.807, 2.05) is 19.1 Å². The zero-order valence-electron chi connectivity index (χ0n) is 8.08. The van der Waals surface area contributed by atoms with Gasteiger partial charge in [-0.3, -0.25) is 0 Å². The van der Waals surface area contributed by atoms with E-state index >= 15 is 0 Å². The molecule has 0 unspecified atom stereocenters. The van der Waals surface area contributed by atoms with Gasteiger partial charge in [-0.1, -0.05) is 0 Å². The van der Waals surface area contributed by atoms with Crippen molar-refractivity contribution in [3.8, 4) is 0 Å². The van der Waals surface area contributed by atoms with Gasteiger partial charge >= 0.3 is 0 Å². The molecule has 0 saturated heterocycles. The fraction of sp³-hybridized carbons (Fsp3) is 0.600. The minimum Gasteiger partial charge on any atom is -0.469 e. The Bertz CT molecular complexity index is 197. The van der Waals surface area contributed by atoms with Gasteiger partial charge in [-0.2, -0.15) is 0 Å². The molecule has 0 radical (unpaired) electrons. The lowest BCUT2D eigenvalue weighted by Gasteiger charge is -2.02. The Morgan fingerprint density at radius 1 is 1.46 bits per heavy atom. The summed E-state index contributed by atoms with van der Waals surface area (Å²) in [4.78, 5) is 0. The van der Waals surface area contributed by atoms with Gasteiger partial charge in [-0.15, -0.1) is 0 Å². The van der Waals surface area contributed by atoms with Crippen molar-refractivity contribution < 1.29 is 9.15 Å². The van der Waals surface area contributed by atoms with Crippen LogP contribution in [0, 0.1) is 0 Å². The van der Waals surface area contributed by atoms with E-state index in [0.29, 0.717) is 0 Å². The summed E-state index contributed by atoms with van der Waals surface area (Å²) in [5.74, 6) is 1.03. The molecule has 0 atom stereocenters. The van der Waals surface area contributed by atoms with E-state index in [2.05, 4.69) is 5.32 Å². The first-order chi connectivity index (χ1) is 6.43. The first kappa shape index (κ1) is 10.3. The fourth-order valence-corrected chi connectivity index (χ4v) is 1.08. The maximum absolute atomic E-state index is 5.19. The molecule has 0 aliphatic rings. The zero-order valence-corrected chi connectivity index (χ0v) is 8.08. The number of nitrogens with one attached hydrogen (secondary N) is 1. The highest BCUT2D eigenvalue weighted by molar-refractivity contribution is 4.98. The highest BCUT2D eigenvalue weighted by atomic mass is 16.5. The molecule has 0 fully saturated rings. The molecule has 0 aliphatic carbocycles. The second kappa shape index (κ2) is 6.69. The molecular formula is C10H17NO2. The Balaban J connectivity index is 1.90. The van der Waals surface area contributed by atoms with Gasteiger partial charge in [0.1, 0.15) is 5.76 Å². The average molecular weight is 183 g/mol. The van der Waals surface area contributed by atoms with Gasteiger partial charge in [-0.25, -0.2) is 0 Å². The summed E-state index contributed by atoms with van der Waals surface area (Å²) in [6.07, 6.45) is 2.65. The maximum atomic E-state index is 5.19. The molecule has 0 spiro atoms. The molecule has 0 aliphatic heterocycles. The number of hydrogen-bond acceptors (Lipinski definition) is 3. The number of furan rings is 1. The van der Waals surface area contributed by atoms with Crippen LogP contribution >= 0.6 is 0 Å². The predicted octanol–water partition coefficient (Wildman–Crippen LogP) is 1.45. The summed E-state index contributed by atoms with van der Waals surface area (Å²) in [7, 11) is 0. The second-order valence-corrected chi connectivity index (χ2v) is 2.78. The molecule has 1 aromatic heterocycles. The summed E-state index contributed by atoms with van der Waals surface area (Å²) in [6, 6.07) is 3.90. The zero-order chi connectivity index (χ0) is 9.36. The standard InChI is InChI=1S/C10H17NO2/c1-2-12-9-7-11-6-5-10-4-3-8-13-10/h3-4,8,11H,2,5-7,9H2,1H3. The molecule has 0 saturated carbocycles. The third-order valence-electron chi connectivity index (χ3n) is 1.76. The van der Waals surface area contributed by atoms with Crippen LogP contribution in [0.2, 0.25) is 0 Å². The van der Waals surface area contributed by atoms with Gasteiger partial charge in [0.2, 0.25) is 0 Å². The fourth-order valence-electron chi connectivity index (χ4n) is 1.08. The molecule has 1 rings (SSSR count). The van der Waals surface area contributed by atoms with E-state index in [1.165, 1.54) is 0 Å². The van der Waals surface area contributed by atoms with Gasteiger partial charge in [0.25, 0.3) is 0 Å². The number of rotatable bonds is 7. The Labute approximate surface area is 79.1 Å². The van der Waals surface area contributed by atoms with Gasteiger partial charge in [-0.05, 0) is 19.1 Å². The van der Waals surface area contributed by atoms with Crippen LogP contribution in [0.3, 0.4) is 0 Å². The van der Waals surface area contributed by atoms with Crippen LogP contribution in [-0.2, 0) is 11.2 Å². The Hall–Kier alpha value is -0.800. The SMILES string of the molecule is CCOCCNCCc1ccco1. The van der Waals surface area contributed by atoms with Crippen molar-refractivity contribution in [1.29, 1.82) is 0 Å². The van der Waals surface area contributed by atoms with E-state index in [0.717, 1.165) is 38.5 Å². The molecule has 1 heterocycles. The van der Waals surface area contributed by atoms with Crippen LogP contribution in [0.1, 0.15) is 12.7 Å². The van der Waals surface area contributed by atoms with E-state index in [4.69, 9.17) is 9.15 Å². The summed E-state index contributed by atoms with van der Waals surface area (Å²) >= 11 is 0. The first-order valence-electron chi connectivity index (χ1n) is 4.74. The third-order valence-corrected chi connectivity index (χ3v) is 1.76. The van der Waals surface area contributed by atoms with Crippen LogP contribution in [0.15, 0.2) is 22.8 Å². The monoisotopic (exact) mass is 183 g/mol. The Morgan fingerprint density at radius 3 is 3.08 bits per heavy atom. The number of ether oxygens (including phenoxy) is 1. The molecule has 3 heteroatoms. The van der Waals surface area contributed by atoms with Crippen LogP contribution < -0.4 is 5.32 Å². The van der Waals surface area contributed by atoms with Crippen molar-refractivity contribution in [2.75, 3.05) is 26.3 Å². The Morgan fingerprint density at radius 2 is 2.38 bits per heavy atom. The van der Waals surface area contributed by atoms with Crippen molar-refractivity contribution in [3.63, 3.8) is 0 Å². The van der Waals surface area contributed by atoms with Crippen molar-refractivity contribution in [3.05, 3.63) is 24.2 Å². The summed E-state index contributed by atoms with van der Waals surface area (Å²) in [5, 5.41) is 3.27.